The van der Waals surface area contributed by atoms with E-state index in [2.05, 4.69) is 5.32 Å². The van der Waals surface area contributed by atoms with E-state index in [0.29, 0.717) is 0 Å². The Bertz CT molecular complexity index is 519. The van der Waals surface area contributed by atoms with E-state index >= 15 is 0 Å². The summed E-state index contributed by atoms with van der Waals surface area (Å²) >= 11 is 0. The summed E-state index contributed by atoms with van der Waals surface area (Å²) in [5.74, 6) is -0.714. The number of carbonyl (C=O) groups is 2. The third kappa shape index (κ3) is 3.76. The number of rotatable bonds is 6. The van der Waals surface area contributed by atoms with Gasteiger partial charge in [0.25, 0.3) is 0 Å². The molecule has 0 radical (unpaired) electrons. The molecule has 2 N–H and O–H groups in total. The van der Waals surface area contributed by atoms with Crippen molar-refractivity contribution < 1.29 is 24.2 Å². The highest BCUT2D eigenvalue weighted by atomic mass is 16.7. The van der Waals surface area contributed by atoms with Gasteiger partial charge in [-0.05, 0) is 12.5 Å². The molecule has 0 saturated carbocycles. The Morgan fingerprint density at radius 2 is 2.00 bits per heavy atom. The minimum absolute atomic E-state index is 0.0351. The topological polar surface area (TPSA) is 84.9 Å². The third-order valence-corrected chi connectivity index (χ3v) is 3.89. The van der Waals surface area contributed by atoms with E-state index in [-0.39, 0.29) is 31.1 Å². The van der Waals surface area contributed by atoms with Crippen LogP contribution in [0.5, 0.6) is 0 Å². The summed E-state index contributed by atoms with van der Waals surface area (Å²) in [4.78, 5) is 23.3. The number of benzene rings is 1. The second-order valence-corrected chi connectivity index (χ2v) is 5.57. The molecule has 6 heteroatoms. The zero-order valence-electron chi connectivity index (χ0n) is 12.7. The van der Waals surface area contributed by atoms with Crippen molar-refractivity contribution in [1.29, 1.82) is 0 Å². The lowest BCUT2D eigenvalue weighted by Gasteiger charge is -2.42. The molecule has 22 heavy (non-hydrogen) atoms. The maximum Gasteiger partial charge on any atom is 0.508 e. The van der Waals surface area contributed by atoms with Gasteiger partial charge in [-0.15, -0.1) is 0 Å². The summed E-state index contributed by atoms with van der Waals surface area (Å²) in [5.41, 5.74) is 0.861. The zero-order chi connectivity index (χ0) is 16.1. The lowest BCUT2D eigenvalue weighted by molar-refractivity contribution is -0.144. The molecule has 1 aliphatic rings. The number of hydrogen-bond donors (Lipinski definition) is 2. The van der Waals surface area contributed by atoms with Crippen molar-refractivity contribution in [1.82, 2.24) is 5.32 Å². The summed E-state index contributed by atoms with van der Waals surface area (Å²) in [6.45, 7) is 3.58. The molecule has 1 aliphatic heterocycles. The quantitative estimate of drug-likeness (QED) is 0.614. The number of aliphatic hydroxyl groups excluding tert-OH is 1. The molecule has 1 saturated heterocycles. The van der Waals surface area contributed by atoms with Gasteiger partial charge in [-0.3, -0.25) is 4.79 Å². The maximum absolute atomic E-state index is 11.7. The molecule has 0 spiro atoms. The number of ether oxygens (including phenoxy) is 2. The van der Waals surface area contributed by atoms with Crippen LogP contribution in [0.25, 0.3) is 0 Å². The number of aliphatic hydroxyl groups is 1. The SMILES string of the molecule is CC(CO)C1NC(=O)C1C(C)OC(=O)OCc1ccccc1. The highest BCUT2D eigenvalue weighted by Crippen LogP contribution is 2.27. The van der Waals surface area contributed by atoms with Crippen molar-refractivity contribution in [2.75, 3.05) is 6.61 Å². The standard InChI is InChI=1S/C16H21NO5/c1-10(8-18)14-13(15(19)17-14)11(2)22-16(20)21-9-12-6-4-3-5-7-12/h3-7,10-11,13-14,18H,8-9H2,1-2H3,(H,17,19). The first-order chi connectivity index (χ1) is 10.5. The normalized spacial score (nSPS) is 23.0. The maximum atomic E-state index is 11.7. The molecule has 1 aromatic carbocycles. The summed E-state index contributed by atoms with van der Waals surface area (Å²) in [6, 6.07) is 9.08. The van der Waals surface area contributed by atoms with Crippen molar-refractivity contribution >= 4 is 12.1 Å². The van der Waals surface area contributed by atoms with E-state index in [9.17, 15) is 9.59 Å². The Hall–Kier alpha value is -2.08. The number of carbonyl (C=O) groups excluding carboxylic acids is 2. The van der Waals surface area contributed by atoms with Gasteiger partial charge in [0.15, 0.2) is 0 Å². The fourth-order valence-corrected chi connectivity index (χ4v) is 2.51. The Kier molecular flexibility index (Phi) is 5.38. The Labute approximate surface area is 129 Å². The van der Waals surface area contributed by atoms with E-state index in [0.717, 1.165) is 5.56 Å². The summed E-state index contributed by atoms with van der Waals surface area (Å²) in [7, 11) is 0. The van der Waals surface area contributed by atoms with Crippen molar-refractivity contribution in [2.24, 2.45) is 11.8 Å². The molecule has 0 bridgehead atoms. The van der Waals surface area contributed by atoms with E-state index < -0.39 is 18.2 Å². The fraction of sp³-hybridized carbons (Fsp3) is 0.500. The van der Waals surface area contributed by atoms with Crippen LogP contribution in [0.15, 0.2) is 30.3 Å². The molecule has 0 aromatic heterocycles. The molecular weight excluding hydrogens is 286 g/mol. The van der Waals surface area contributed by atoms with Gasteiger partial charge in [0, 0.05) is 18.6 Å². The van der Waals surface area contributed by atoms with Gasteiger partial charge in [-0.1, -0.05) is 37.3 Å². The average molecular weight is 307 g/mol. The highest BCUT2D eigenvalue weighted by Gasteiger charge is 2.46. The Balaban J connectivity index is 1.82. The monoisotopic (exact) mass is 307 g/mol. The molecule has 4 atom stereocenters. The van der Waals surface area contributed by atoms with Crippen molar-refractivity contribution in [3.63, 3.8) is 0 Å². The van der Waals surface area contributed by atoms with Gasteiger partial charge in [0.2, 0.25) is 5.91 Å². The minimum atomic E-state index is -0.800. The van der Waals surface area contributed by atoms with Crippen LogP contribution >= 0.6 is 0 Å². The summed E-state index contributed by atoms with van der Waals surface area (Å²) < 4.78 is 10.2. The lowest BCUT2D eigenvalue weighted by Crippen LogP contribution is -2.65. The van der Waals surface area contributed by atoms with Gasteiger partial charge in [-0.2, -0.15) is 0 Å². The van der Waals surface area contributed by atoms with Gasteiger partial charge in [-0.25, -0.2) is 4.79 Å². The molecule has 4 unspecified atom stereocenters. The molecule has 0 aliphatic carbocycles. The van der Waals surface area contributed by atoms with E-state index in [1.165, 1.54) is 0 Å². The largest absolute Gasteiger partial charge is 0.508 e. The first-order valence-corrected chi connectivity index (χ1v) is 7.31. The van der Waals surface area contributed by atoms with Crippen molar-refractivity contribution in [3.05, 3.63) is 35.9 Å². The molecular formula is C16H21NO5. The van der Waals surface area contributed by atoms with Crippen LogP contribution in [0.4, 0.5) is 4.79 Å². The van der Waals surface area contributed by atoms with Crippen LogP contribution in [0.1, 0.15) is 19.4 Å². The minimum Gasteiger partial charge on any atom is -0.430 e. The number of hydrogen-bond acceptors (Lipinski definition) is 5. The Morgan fingerprint density at radius 1 is 1.32 bits per heavy atom. The number of nitrogens with one attached hydrogen (secondary N) is 1. The second-order valence-electron chi connectivity index (χ2n) is 5.57. The highest BCUT2D eigenvalue weighted by molar-refractivity contribution is 5.86. The lowest BCUT2D eigenvalue weighted by atomic mass is 9.79. The molecule has 1 heterocycles. The predicted octanol–water partition coefficient (Wildman–Crippen LogP) is 1.47. The summed E-state index contributed by atoms with van der Waals surface area (Å²) in [6.07, 6.45) is -1.40. The van der Waals surface area contributed by atoms with Crippen molar-refractivity contribution in [2.45, 2.75) is 32.6 Å². The molecule has 1 aromatic rings. The van der Waals surface area contributed by atoms with E-state index in [1.54, 1.807) is 6.92 Å². The first-order valence-electron chi connectivity index (χ1n) is 7.31. The molecule has 1 fully saturated rings. The van der Waals surface area contributed by atoms with Gasteiger partial charge in [0.05, 0.1) is 5.92 Å². The van der Waals surface area contributed by atoms with E-state index in [4.69, 9.17) is 14.6 Å². The molecule has 1 amide bonds. The average Bonchev–Trinajstić information content (AvgIpc) is 2.50. The van der Waals surface area contributed by atoms with E-state index in [1.807, 2.05) is 37.3 Å². The second kappa shape index (κ2) is 7.26. The van der Waals surface area contributed by atoms with Crippen LogP contribution in [-0.2, 0) is 20.9 Å². The third-order valence-electron chi connectivity index (χ3n) is 3.89. The van der Waals surface area contributed by atoms with Crippen LogP contribution in [0.2, 0.25) is 0 Å². The van der Waals surface area contributed by atoms with Gasteiger partial charge in [0.1, 0.15) is 12.7 Å². The number of amides is 1. The zero-order valence-corrected chi connectivity index (χ0v) is 12.7. The predicted molar refractivity (Wildman–Crippen MR) is 78.8 cm³/mol. The molecule has 120 valence electrons. The van der Waals surface area contributed by atoms with Gasteiger partial charge < -0.3 is 19.9 Å². The van der Waals surface area contributed by atoms with Gasteiger partial charge >= 0.3 is 6.16 Å². The first kappa shape index (κ1) is 16.3. The van der Waals surface area contributed by atoms with Crippen LogP contribution in [0, 0.1) is 11.8 Å². The smallest absolute Gasteiger partial charge is 0.430 e. The van der Waals surface area contributed by atoms with Crippen LogP contribution in [-0.4, -0.2) is 35.9 Å². The van der Waals surface area contributed by atoms with Crippen molar-refractivity contribution in [3.8, 4) is 0 Å². The Morgan fingerprint density at radius 3 is 2.59 bits per heavy atom. The molecule has 6 nitrogen and oxygen atoms in total. The molecule has 2 rings (SSSR count). The number of β-lactam (4-membered cyclic amide) rings is 1. The summed E-state index contributed by atoms with van der Waals surface area (Å²) in [5, 5.41) is 11.9. The fourth-order valence-electron chi connectivity index (χ4n) is 2.51. The van der Waals surface area contributed by atoms with Crippen LogP contribution < -0.4 is 5.32 Å². The van der Waals surface area contributed by atoms with Crippen LogP contribution in [0.3, 0.4) is 0 Å².